The van der Waals surface area contributed by atoms with Gasteiger partial charge in [0.05, 0.1) is 12.6 Å². The summed E-state index contributed by atoms with van der Waals surface area (Å²) in [6.07, 6.45) is 3.84. The first-order valence-corrected chi connectivity index (χ1v) is 7.55. The molecule has 0 spiro atoms. The van der Waals surface area contributed by atoms with Gasteiger partial charge in [-0.05, 0) is 30.0 Å². The smallest absolute Gasteiger partial charge is 0.248 e. The number of amides is 2. The molecule has 3 rings (SSSR count). The van der Waals surface area contributed by atoms with Crippen LogP contribution in [0, 0.1) is 5.92 Å². The molecule has 1 atom stereocenters. The molecule has 1 fully saturated rings. The molecule has 1 aromatic carbocycles. The van der Waals surface area contributed by atoms with Crippen molar-refractivity contribution in [3.63, 3.8) is 0 Å². The molecule has 2 amide bonds. The Bertz CT molecular complexity index is 637. The molecular formula is C16H20N4O2. The lowest BCUT2D eigenvalue weighted by molar-refractivity contribution is -0.128. The number of benzene rings is 1. The summed E-state index contributed by atoms with van der Waals surface area (Å²) in [5, 5.41) is 0. The van der Waals surface area contributed by atoms with Crippen LogP contribution in [-0.4, -0.2) is 28.7 Å². The molecule has 1 saturated carbocycles. The highest BCUT2D eigenvalue weighted by Crippen LogP contribution is 2.35. The van der Waals surface area contributed by atoms with Crippen molar-refractivity contribution >= 4 is 17.8 Å². The molecule has 0 radical (unpaired) electrons. The van der Waals surface area contributed by atoms with Crippen LogP contribution in [0.15, 0.2) is 29.3 Å². The molecule has 1 aliphatic heterocycles. The number of carbonyl (C=O) groups is 2. The van der Waals surface area contributed by atoms with E-state index in [4.69, 9.17) is 11.5 Å². The summed E-state index contributed by atoms with van der Waals surface area (Å²) in [7, 11) is 0. The zero-order valence-electron chi connectivity index (χ0n) is 12.4. The van der Waals surface area contributed by atoms with E-state index in [1.807, 2.05) is 6.07 Å². The first-order chi connectivity index (χ1) is 10.5. The average Bonchev–Trinajstić information content (AvgIpc) is 3.27. The van der Waals surface area contributed by atoms with Gasteiger partial charge in [0.15, 0.2) is 5.96 Å². The topological polar surface area (TPSA) is 102 Å². The minimum atomic E-state index is -0.488. The van der Waals surface area contributed by atoms with Crippen molar-refractivity contribution < 1.29 is 9.59 Å². The second-order valence-electron chi connectivity index (χ2n) is 6.07. The van der Waals surface area contributed by atoms with Gasteiger partial charge >= 0.3 is 0 Å². The normalized spacial score (nSPS) is 21.6. The predicted molar refractivity (Wildman–Crippen MR) is 82.9 cm³/mol. The van der Waals surface area contributed by atoms with Gasteiger partial charge in [-0.25, -0.2) is 4.99 Å². The zero-order valence-corrected chi connectivity index (χ0v) is 12.4. The van der Waals surface area contributed by atoms with Gasteiger partial charge in [0.1, 0.15) is 0 Å². The number of nitrogens with two attached hydrogens (primary N) is 2. The summed E-state index contributed by atoms with van der Waals surface area (Å²) in [5.74, 6) is 0.486. The summed E-state index contributed by atoms with van der Waals surface area (Å²) in [5.41, 5.74) is 12.5. The molecule has 1 aliphatic carbocycles. The Morgan fingerprint density at radius 2 is 2.14 bits per heavy atom. The van der Waals surface area contributed by atoms with E-state index in [1.54, 1.807) is 18.2 Å². The number of hydrogen-bond donors (Lipinski definition) is 2. The van der Waals surface area contributed by atoms with Crippen LogP contribution >= 0.6 is 0 Å². The lowest BCUT2D eigenvalue weighted by Crippen LogP contribution is -2.46. The number of guanidine groups is 1. The Balaban J connectivity index is 1.72. The van der Waals surface area contributed by atoms with Gasteiger partial charge in [0, 0.05) is 12.0 Å². The minimum Gasteiger partial charge on any atom is -0.369 e. The van der Waals surface area contributed by atoms with Gasteiger partial charge in [-0.3, -0.25) is 14.5 Å². The molecule has 0 bridgehead atoms. The third-order valence-electron chi connectivity index (χ3n) is 4.16. The van der Waals surface area contributed by atoms with Gasteiger partial charge in [0.25, 0.3) is 0 Å². The van der Waals surface area contributed by atoms with Crippen molar-refractivity contribution in [2.24, 2.45) is 22.4 Å². The van der Waals surface area contributed by atoms with Crippen molar-refractivity contribution in [3.05, 3.63) is 35.4 Å². The van der Waals surface area contributed by atoms with Gasteiger partial charge in [-0.2, -0.15) is 0 Å². The third kappa shape index (κ3) is 3.27. The van der Waals surface area contributed by atoms with Gasteiger partial charge < -0.3 is 11.5 Å². The Labute approximate surface area is 129 Å². The molecule has 0 aromatic heterocycles. The Kier molecular flexibility index (Phi) is 3.83. The molecule has 116 valence electrons. The lowest BCUT2D eigenvalue weighted by Gasteiger charge is -2.29. The highest BCUT2D eigenvalue weighted by atomic mass is 16.2. The van der Waals surface area contributed by atoms with Crippen molar-refractivity contribution in [3.8, 4) is 0 Å². The molecular weight excluding hydrogens is 280 g/mol. The summed E-state index contributed by atoms with van der Waals surface area (Å²) in [6, 6.07) is 6.93. The Hall–Kier alpha value is -2.37. The number of nitrogens with zero attached hydrogens (tertiary/aromatic N) is 2. The van der Waals surface area contributed by atoms with Crippen molar-refractivity contribution in [2.75, 3.05) is 0 Å². The Morgan fingerprint density at radius 1 is 1.36 bits per heavy atom. The van der Waals surface area contributed by atoms with Crippen molar-refractivity contribution in [2.45, 2.75) is 38.3 Å². The van der Waals surface area contributed by atoms with E-state index in [1.165, 1.54) is 17.7 Å². The third-order valence-corrected chi connectivity index (χ3v) is 4.16. The van der Waals surface area contributed by atoms with E-state index in [-0.39, 0.29) is 17.9 Å². The summed E-state index contributed by atoms with van der Waals surface area (Å²) in [4.78, 5) is 29.5. The van der Waals surface area contributed by atoms with Crippen LogP contribution in [0.3, 0.4) is 0 Å². The molecule has 4 N–H and O–H groups in total. The first-order valence-electron chi connectivity index (χ1n) is 7.55. The number of hydrogen-bond acceptors (Lipinski definition) is 4. The average molecular weight is 300 g/mol. The van der Waals surface area contributed by atoms with Crippen LogP contribution in [0.4, 0.5) is 0 Å². The van der Waals surface area contributed by atoms with Gasteiger partial charge in [-0.1, -0.05) is 25.0 Å². The molecule has 1 aromatic rings. The van der Waals surface area contributed by atoms with Gasteiger partial charge in [-0.15, -0.1) is 0 Å². The largest absolute Gasteiger partial charge is 0.369 e. The second-order valence-corrected chi connectivity index (χ2v) is 6.07. The number of rotatable bonds is 5. The molecule has 6 nitrogen and oxygen atoms in total. The molecule has 0 unspecified atom stereocenters. The Morgan fingerprint density at radius 3 is 2.77 bits per heavy atom. The van der Waals surface area contributed by atoms with E-state index in [9.17, 15) is 9.59 Å². The maximum Gasteiger partial charge on any atom is 0.248 e. The second kappa shape index (κ2) is 5.79. The summed E-state index contributed by atoms with van der Waals surface area (Å²) >= 11 is 0. The minimum absolute atomic E-state index is 0.0115. The van der Waals surface area contributed by atoms with Crippen LogP contribution < -0.4 is 11.5 Å². The van der Waals surface area contributed by atoms with Crippen LogP contribution in [0.25, 0.3) is 0 Å². The van der Waals surface area contributed by atoms with E-state index in [0.29, 0.717) is 24.4 Å². The fraction of sp³-hybridized carbons (Fsp3) is 0.438. The van der Waals surface area contributed by atoms with E-state index >= 15 is 0 Å². The highest BCUT2D eigenvalue weighted by Gasteiger charge is 2.32. The number of aliphatic imine (C=N–C) groups is 1. The predicted octanol–water partition coefficient (Wildman–Crippen LogP) is 1.00. The number of carbonyl (C=O) groups excluding carboxylic acids is 2. The molecule has 2 aliphatic rings. The van der Waals surface area contributed by atoms with E-state index < -0.39 is 5.91 Å². The van der Waals surface area contributed by atoms with Crippen LogP contribution in [0.5, 0.6) is 0 Å². The monoisotopic (exact) mass is 300 g/mol. The lowest BCUT2D eigenvalue weighted by atomic mass is 10.0. The molecule has 1 heterocycles. The maximum atomic E-state index is 12.3. The van der Waals surface area contributed by atoms with Crippen LogP contribution in [0.2, 0.25) is 0 Å². The fourth-order valence-corrected chi connectivity index (χ4v) is 2.79. The molecule has 0 saturated heterocycles. The number of primary amides is 1. The highest BCUT2D eigenvalue weighted by molar-refractivity contribution is 5.98. The maximum absolute atomic E-state index is 12.3. The van der Waals surface area contributed by atoms with Crippen molar-refractivity contribution in [1.82, 2.24) is 4.90 Å². The standard InChI is InChI=1S/C16H20N4O2/c17-15(22)12-3-1-2-11(6-12)9-20-14(21)8-13(19-16(20)18)7-10-4-5-10/h1-3,6,10,13H,4-5,7-9H2,(H2,17,22)(H2,18,19)/t13-/m1/s1. The van der Waals surface area contributed by atoms with Crippen LogP contribution in [-0.2, 0) is 11.3 Å². The fourth-order valence-electron chi connectivity index (χ4n) is 2.79. The van der Waals surface area contributed by atoms with E-state index in [0.717, 1.165) is 12.0 Å². The molecule has 6 heteroatoms. The van der Waals surface area contributed by atoms with E-state index in [2.05, 4.69) is 4.99 Å². The van der Waals surface area contributed by atoms with Crippen LogP contribution in [0.1, 0.15) is 41.6 Å². The molecule has 22 heavy (non-hydrogen) atoms. The van der Waals surface area contributed by atoms with Crippen molar-refractivity contribution in [1.29, 1.82) is 0 Å². The summed E-state index contributed by atoms with van der Waals surface area (Å²) < 4.78 is 0. The van der Waals surface area contributed by atoms with Gasteiger partial charge in [0.2, 0.25) is 11.8 Å². The summed E-state index contributed by atoms with van der Waals surface area (Å²) in [6.45, 7) is 0.311. The quantitative estimate of drug-likeness (QED) is 0.848. The SMILES string of the molecule is NC(=O)c1cccc(CN2C(=O)C[C@@H](CC3CC3)N=C2N)c1. The first kappa shape index (κ1) is 14.6. The zero-order chi connectivity index (χ0) is 15.7.